The van der Waals surface area contributed by atoms with Crippen LogP contribution in [-0.4, -0.2) is 72.2 Å². The highest BCUT2D eigenvalue weighted by Crippen LogP contribution is 2.52. The Morgan fingerprint density at radius 1 is 1.18 bits per heavy atom. The molecule has 1 aromatic rings. The first-order chi connectivity index (χ1) is 15.7. The lowest BCUT2D eigenvalue weighted by molar-refractivity contribution is -0.141. The van der Waals surface area contributed by atoms with Crippen molar-refractivity contribution < 1.29 is 27.6 Å². The van der Waals surface area contributed by atoms with Gasteiger partial charge >= 0.3 is 0 Å². The second kappa shape index (κ2) is 8.96. The molecule has 2 saturated carbocycles. The number of alkyl halides is 2. The minimum atomic E-state index is -2.43. The minimum absolute atomic E-state index is 0.0378. The number of benzene rings is 1. The Morgan fingerprint density at radius 2 is 1.91 bits per heavy atom. The fraction of sp³-hybridized carbons (Fsp3) is 0.609. The first kappa shape index (κ1) is 23.5. The van der Waals surface area contributed by atoms with Gasteiger partial charge in [-0.2, -0.15) is 0 Å². The van der Waals surface area contributed by atoms with E-state index in [4.69, 9.17) is 0 Å². The highest BCUT2D eigenvalue weighted by atomic mass is 19.3. The van der Waals surface area contributed by atoms with Crippen LogP contribution in [-0.2, 0) is 19.8 Å². The molecule has 2 aliphatic carbocycles. The summed E-state index contributed by atoms with van der Waals surface area (Å²) in [6.45, 7) is 2.40. The highest BCUT2D eigenvalue weighted by molar-refractivity contribution is 5.90. The van der Waals surface area contributed by atoms with Crippen molar-refractivity contribution >= 4 is 23.9 Å². The Hall–Kier alpha value is -2.62. The highest BCUT2D eigenvalue weighted by Gasteiger charge is 2.58. The molecule has 1 saturated heterocycles. The number of carbonyl (C=O) groups excluding carboxylic acids is 3. The first-order valence-electron chi connectivity index (χ1n) is 11.4. The molecule has 3 fully saturated rings. The number of piperazine rings is 1. The van der Waals surface area contributed by atoms with E-state index < -0.39 is 29.2 Å². The van der Waals surface area contributed by atoms with Crippen LogP contribution in [0.15, 0.2) is 18.2 Å². The second-order valence-corrected chi connectivity index (χ2v) is 9.29. The van der Waals surface area contributed by atoms with Crippen LogP contribution < -0.4 is 10.6 Å². The van der Waals surface area contributed by atoms with E-state index in [0.29, 0.717) is 44.4 Å². The average Bonchev–Trinajstić information content (AvgIpc) is 3.71. The fourth-order valence-electron chi connectivity index (χ4n) is 5.04. The molecule has 7 nitrogen and oxygen atoms in total. The molecule has 1 spiro atoms. The number of halogens is 3. The number of hydrogen-bond donors (Lipinski definition) is 2. The van der Waals surface area contributed by atoms with Crippen molar-refractivity contribution in [2.75, 3.05) is 31.5 Å². The van der Waals surface area contributed by atoms with Gasteiger partial charge in [0.25, 0.3) is 6.43 Å². The van der Waals surface area contributed by atoms with Gasteiger partial charge in [0, 0.05) is 37.0 Å². The Labute approximate surface area is 190 Å². The predicted octanol–water partition coefficient (Wildman–Crippen LogP) is 2.26. The van der Waals surface area contributed by atoms with E-state index in [2.05, 4.69) is 10.6 Å². The van der Waals surface area contributed by atoms with Crippen LogP contribution in [0.5, 0.6) is 0 Å². The van der Waals surface area contributed by atoms with E-state index >= 15 is 0 Å². The maximum atomic E-state index is 14.5. The Morgan fingerprint density at radius 3 is 2.45 bits per heavy atom. The summed E-state index contributed by atoms with van der Waals surface area (Å²) in [6, 6.07) is 3.56. The molecule has 1 aliphatic heterocycles. The molecular formula is C23H29F3N4O3. The zero-order valence-electron chi connectivity index (χ0n) is 18.6. The maximum absolute atomic E-state index is 14.5. The first-order valence-corrected chi connectivity index (χ1v) is 11.4. The van der Waals surface area contributed by atoms with Crippen LogP contribution >= 0.6 is 0 Å². The number of nitrogens with zero attached hydrogens (tertiary/aromatic N) is 2. The van der Waals surface area contributed by atoms with Gasteiger partial charge in [-0.05, 0) is 43.4 Å². The van der Waals surface area contributed by atoms with Crippen LogP contribution in [0.1, 0.15) is 44.6 Å². The van der Waals surface area contributed by atoms with Crippen molar-refractivity contribution in [2.24, 2.45) is 0 Å². The number of nitrogens with one attached hydrogen (secondary N) is 2. The number of rotatable bonds is 9. The molecule has 4 rings (SSSR count). The van der Waals surface area contributed by atoms with Gasteiger partial charge in [-0.1, -0.05) is 13.0 Å². The monoisotopic (exact) mass is 466 g/mol. The van der Waals surface area contributed by atoms with Crippen LogP contribution in [0.4, 0.5) is 18.9 Å². The summed E-state index contributed by atoms with van der Waals surface area (Å²) in [4.78, 5) is 40.2. The lowest BCUT2D eigenvalue weighted by Crippen LogP contribution is -2.62. The van der Waals surface area contributed by atoms with Crippen molar-refractivity contribution in [1.82, 2.24) is 15.1 Å². The summed E-state index contributed by atoms with van der Waals surface area (Å²) in [6.07, 6.45) is 0.882. The Kier molecular flexibility index (Phi) is 6.39. The lowest BCUT2D eigenvalue weighted by atomic mass is 9.86. The van der Waals surface area contributed by atoms with Crippen molar-refractivity contribution in [2.45, 2.75) is 62.4 Å². The topological polar surface area (TPSA) is 81.8 Å². The molecule has 3 amide bonds. The lowest BCUT2D eigenvalue weighted by Gasteiger charge is -2.44. The summed E-state index contributed by atoms with van der Waals surface area (Å²) in [7, 11) is 0. The second-order valence-electron chi connectivity index (χ2n) is 9.29. The van der Waals surface area contributed by atoms with Crippen LogP contribution in [0.2, 0.25) is 0 Å². The third-order valence-electron chi connectivity index (χ3n) is 7.27. The molecule has 1 unspecified atom stereocenters. The molecule has 3 aliphatic rings. The number of amides is 3. The van der Waals surface area contributed by atoms with Crippen LogP contribution in [0.25, 0.3) is 0 Å². The predicted molar refractivity (Wildman–Crippen MR) is 115 cm³/mol. The van der Waals surface area contributed by atoms with Crippen LogP contribution in [0.3, 0.4) is 0 Å². The van der Waals surface area contributed by atoms with Crippen molar-refractivity contribution in [1.29, 1.82) is 0 Å². The molecule has 0 radical (unpaired) electrons. The molecule has 1 aromatic carbocycles. The molecular weight excluding hydrogens is 437 g/mol. The number of carbonyl (C=O) groups is 3. The van der Waals surface area contributed by atoms with E-state index in [9.17, 15) is 27.6 Å². The van der Waals surface area contributed by atoms with Gasteiger partial charge in [0.15, 0.2) is 0 Å². The van der Waals surface area contributed by atoms with Gasteiger partial charge in [0.1, 0.15) is 11.9 Å². The van der Waals surface area contributed by atoms with Gasteiger partial charge in [0.05, 0.1) is 12.2 Å². The SMILES string of the molecule is CCC(=O)NC(C(=O)N1CCN(CC(F)F)C2(CC2)C1)C1(c2ccc(NC=O)c(F)c2)CC1. The van der Waals surface area contributed by atoms with Crippen molar-refractivity contribution in [3.05, 3.63) is 29.6 Å². The normalized spacial score (nSPS) is 21.5. The van der Waals surface area contributed by atoms with Gasteiger partial charge in [-0.25, -0.2) is 13.2 Å². The van der Waals surface area contributed by atoms with Gasteiger partial charge in [-0.15, -0.1) is 0 Å². The number of anilines is 1. The third kappa shape index (κ3) is 4.58. The van der Waals surface area contributed by atoms with Gasteiger partial charge in [0.2, 0.25) is 18.2 Å². The summed E-state index contributed by atoms with van der Waals surface area (Å²) >= 11 is 0. The largest absolute Gasteiger partial charge is 0.343 e. The minimum Gasteiger partial charge on any atom is -0.343 e. The summed E-state index contributed by atoms with van der Waals surface area (Å²) in [5.41, 5.74) is -0.520. The van der Waals surface area contributed by atoms with E-state index in [0.717, 1.165) is 12.8 Å². The van der Waals surface area contributed by atoms with Crippen molar-refractivity contribution in [3.8, 4) is 0 Å². The van der Waals surface area contributed by atoms with Crippen LogP contribution in [0, 0.1) is 5.82 Å². The average molecular weight is 467 g/mol. The molecule has 1 atom stereocenters. The van der Waals surface area contributed by atoms with E-state index in [1.165, 1.54) is 12.1 Å². The maximum Gasteiger partial charge on any atom is 0.251 e. The molecule has 2 N–H and O–H groups in total. The molecule has 0 bridgehead atoms. The van der Waals surface area contributed by atoms with Crippen molar-refractivity contribution in [3.63, 3.8) is 0 Å². The third-order valence-corrected chi connectivity index (χ3v) is 7.27. The standard InChI is InChI=1S/C23H29F3N4O3/c1-2-19(32)28-20(23(7-8-23)15-3-4-17(27-14-31)16(24)11-15)21(33)29-9-10-30(12-18(25)26)22(13-29)5-6-22/h3-4,11,14,18,20H,2,5-10,12-13H2,1H3,(H,27,31)(H,28,32). The van der Waals surface area contributed by atoms with E-state index in [1.54, 1.807) is 22.8 Å². The fourth-order valence-corrected chi connectivity index (χ4v) is 5.04. The zero-order valence-corrected chi connectivity index (χ0v) is 18.6. The molecule has 10 heteroatoms. The Bertz CT molecular complexity index is 934. The molecule has 0 aromatic heterocycles. The molecule has 1 heterocycles. The molecule has 180 valence electrons. The quantitative estimate of drug-likeness (QED) is 0.547. The smallest absolute Gasteiger partial charge is 0.251 e. The van der Waals surface area contributed by atoms with E-state index in [1.807, 2.05) is 0 Å². The summed E-state index contributed by atoms with van der Waals surface area (Å²) in [5, 5.41) is 5.15. The zero-order chi connectivity index (χ0) is 23.8. The number of hydrogen-bond acceptors (Lipinski definition) is 4. The molecule has 33 heavy (non-hydrogen) atoms. The summed E-state index contributed by atoms with van der Waals surface area (Å²) < 4.78 is 40.5. The van der Waals surface area contributed by atoms with E-state index in [-0.39, 0.29) is 30.5 Å². The van der Waals surface area contributed by atoms with Gasteiger partial charge < -0.3 is 15.5 Å². The van der Waals surface area contributed by atoms with Gasteiger partial charge in [-0.3, -0.25) is 19.3 Å². The Balaban J connectivity index is 1.58. The summed E-state index contributed by atoms with van der Waals surface area (Å²) in [5.74, 6) is -1.15.